The lowest BCUT2D eigenvalue weighted by atomic mass is 10.2. The lowest BCUT2D eigenvalue weighted by molar-refractivity contribution is 0.0743. The molecule has 3 nitrogen and oxygen atoms in total. The van der Waals surface area contributed by atoms with E-state index in [1.54, 1.807) is 0 Å². The highest BCUT2D eigenvalue weighted by molar-refractivity contribution is 9.11. The average Bonchev–Trinajstić information content (AvgIpc) is 2.90. The first-order valence-corrected chi connectivity index (χ1v) is 8.15. The summed E-state index contributed by atoms with van der Waals surface area (Å²) in [5, 5.41) is 1.88. The number of benzene rings is 1. The summed E-state index contributed by atoms with van der Waals surface area (Å²) in [4.78, 5) is 14.4. The van der Waals surface area contributed by atoms with E-state index in [9.17, 15) is 4.79 Å². The minimum Gasteiger partial charge on any atom is -0.334 e. The van der Waals surface area contributed by atoms with Gasteiger partial charge in [0.05, 0.1) is 9.35 Å². The SMILES string of the molecule is NCCCN(Cc1ccccc1)C(=O)c1csc(Br)c1. The van der Waals surface area contributed by atoms with Crippen molar-refractivity contribution in [2.45, 2.75) is 13.0 Å². The van der Waals surface area contributed by atoms with Gasteiger partial charge in [0.2, 0.25) is 0 Å². The summed E-state index contributed by atoms with van der Waals surface area (Å²) in [5.74, 6) is 0.0595. The van der Waals surface area contributed by atoms with E-state index in [1.165, 1.54) is 11.3 Å². The molecule has 0 bridgehead atoms. The van der Waals surface area contributed by atoms with Crippen LogP contribution in [0.5, 0.6) is 0 Å². The molecular weight excluding hydrogens is 336 g/mol. The first-order chi connectivity index (χ1) is 9.70. The minimum absolute atomic E-state index is 0.0595. The molecule has 20 heavy (non-hydrogen) atoms. The molecule has 0 aliphatic rings. The normalized spacial score (nSPS) is 10.5. The largest absolute Gasteiger partial charge is 0.334 e. The third-order valence-corrected chi connectivity index (χ3v) is 4.45. The van der Waals surface area contributed by atoms with E-state index in [0.717, 1.165) is 21.3 Å². The summed E-state index contributed by atoms with van der Waals surface area (Å²) >= 11 is 4.92. The van der Waals surface area contributed by atoms with E-state index in [1.807, 2.05) is 46.7 Å². The summed E-state index contributed by atoms with van der Waals surface area (Å²) in [6, 6.07) is 11.9. The molecule has 0 spiro atoms. The van der Waals surface area contributed by atoms with E-state index in [-0.39, 0.29) is 5.91 Å². The number of hydrogen-bond donors (Lipinski definition) is 1. The van der Waals surface area contributed by atoms with Crippen molar-refractivity contribution in [1.82, 2.24) is 4.90 Å². The fourth-order valence-electron chi connectivity index (χ4n) is 1.94. The second kappa shape index (κ2) is 7.57. The Kier molecular flexibility index (Phi) is 5.76. The molecule has 0 radical (unpaired) electrons. The zero-order valence-electron chi connectivity index (χ0n) is 11.1. The van der Waals surface area contributed by atoms with Crippen molar-refractivity contribution < 1.29 is 4.79 Å². The van der Waals surface area contributed by atoms with Crippen LogP contribution in [0.25, 0.3) is 0 Å². The number of nitrogens with two attached hydrogens (primary N) is 1. The van der Waals surface area contributed by atoms with Gasteiger partial charge in [0.1, 0.15) is 0 Å². The number of carbonyl (C=O) groups excluding carboxylic acids is 1. The Bertz CT molecular complexity index is 556. The maximum atomic E-state index is 12.5. The lowest BCUT2D eigenvalue weighted by Crippen LogP contribution is -2.32. The van der Waals surface area contributed by atoms with E-state index < -0.39 is 0 Å². The average molecular weight is 353 g/mol. The molecule has 106 valence electrons. The molecule has 0 saturated carbocycles. The van der Waals surface area contributed by atoms with Crippen LogP contribution in [0.3, 0.4) is 0 Å². The summed E-state index contributed by atoms with van der Waals surface area (Å²) in [7, 11) is 0. The number of hydrogen-bond acceptors (Lipinski definition) is 3. The molecule has 1 heterocycles. The topological polar surface area (TPSA) is 46.3 Å². The number of thiophene rings is 1. The zero-order chi connectivity index (χ0) is 14.4. The molecule has 5 heteroatoms. The molecule has 2 rings (SSSR count). The Balaban J connectivity index is 2.12. The number of carbonyl (C=O) groups is 1. The van der Waals surface area contributed by atoms with Crippen molar-refractivity contribution >= 4 is 33.2 Å². The second-order valence-corrected chi connectivity index (χ2v) is 6.78. The van der Waals surface area contributed by atoms with Crippen molar-refractivity contribution in [2.24, 2.45) is 5.73 Å². The molecule has 0 unspecified atom stereocenters. The quantitative estimate of drug-likeness (QED) is 0.864. The molecule has 0 saturated heterocycles. The first-order valence-electron chi connectivity index (χ1n) is 6.48. The predicted octanol–water partition coefficient (Wildman–Crippen LogP) is 3.50. The van der Waals surface area contributed by atoms with Gasteiger partial charge >= 0.3 is 0 Å². The maximum absolute atomic E-state index is 12.5. The highest BCUT2D eigenvalue weighted by atomic mass is 79.9. The van der Waals surface area contributed by atoms with E-state index in [2.05, 4.69) is 15.9 Å². The summed E-state index contributed by atoms with van der Waals surface area (Å²) < 4.78 is 0.972. The molecule has 2 aromatic rings. The van der Waals surface area contributed by atoms with Crippen molar-refractivity contribution in [1.29, 1.82) is 0 Å². The van der Waals surface area contributed by atoms with Crippen LogP contribution in [-0.4, -0.2) is 23.9 Å². The molecule has 0 aliphatic heterocycles. The summed E-state index contributed by atoms with van der Waals surface area (Å²) in [6.45, 7) is 1.89. The maximum Gasteiger partial charge on any atom is 0.255 e. The number of amides is 1. The molecule has 2 N–H and O–H groups in total. The minimum atomic E-state index is 0.0595. The van der Waals surface area contributed by atoms with E-state index in [4.69, 9.17) is 5.73 Å². The van der Waals surface area contributed by atoms with Crippen LogP contribution in [0.4, 0.5) is 0 Å². The van der Waals surface area contributed by atoms with Crippen LogP contribution in [0.1, 0.15) is 22.3 Å². The van der Waals surface area contributed by atoms with Crippen LogP contribution in [-0.2, 0) is 6.54 Å². The van der Waals surface area contributed by atoms with Gasteiger partial charge < -0.3 is 10.6 Å². The van der Waals surface area contributed by atoms with Gasteiger partial charge in [-0.3, -0.25) is 4.79 Å². The van der Waals surface area contributed by atoms with Crippen LogP contribution in [0.2, 0.25) is 0 Å². The van der Waals surface area contributed by atoms with Gasteiger partial charge in [-0.05, 0) is 40.5 Å². The van der Waals surface area contributed by atoms with Crippen LogP contribution in [0.15, 0.2) is 45.6 Å². The van der Waals surface area contributed by atoms with Crippen LogP contribution in [0, 0.1) is 0 Å². The van der Waals surface area contributed by atoms with Crippen LogP contribution >= 0.6 is 27.3 Å². The molecule has 0 atom stereocenters. The van der Waals surface area contributed by atoms with Gasteiger partial charge in [0, 0.05) is 18.5 Å². The van der Waals surface area contributed by atoms with Gasteiger partial charge in [0.15, 0.2) is 0 Å². The van der Waals surface area contributed by atoms with Gasteiger partial charge in [0.25, 0.3) is 5.91 Å². The first kappa shape index (κ1) is 15.2. The summed E-state index contributed by atoms with van der Waals surface area (Å²) in [6.07, 6.45) is 0.809. The van der Waals surface area contributed by atoms with Crippen molar-refractivity contribution in [3.05, 3.63) is 56.7 Å². The third kappa shape index (κ3) is 4.16. The Morgan fingerprint density at radius 1 is 1.30 bits per heavy atom. The van der Waals surface area contributed by atoms with Gasteiger partial charge in [-0.15, -0.1) is 11.3 Å². The fourth-order valence-corrected chi connectivity index (χ4v) is 3.07. The number of nitrogens with zero attached hydrogens (tertiary/aromatic N) is 1. The smallest absolute Gasteiger partial charge is 0.255 e. The highest BCUT2D eigenvalue weighted by Gasteiger charge is 2.16. The molecular formula is C15H17BrN2OS. The number of rotatable bonds is 6. The molecule has 1 aromatic carbocycles. The number of halogens is 1. The van der Waals surface area contributed by atoms with Gasteiger partial charge in [-0.1, -0.05) is 30.3 Å². The predicted molar refractivity (Wildman–Crippen MR) is 86.9 cm³/mol. The van der Waals surface area contributed by atoms with Gasteiger partial charge in [-0.2, -0.15) is 0 Å². The Morgan fingerprint density at radius 2 is 2.05 bits per heavy atom. The van der Waals surface area contributed by atoms with Crippen LogP contribution < -0.4 is 5.73 Å². The highest BCUT2D eigenvalue weighted by Crippen LogP contribution is 2.22. The monoisotopic (exact) mass is 352 g/mol. The zero-order valence-corrected chi connectivity index (χ0v) is 13.5. The second-order valence-electron chi connectivity index (χ2n) is 4.49. The van der Waals surface area contributed by atoms with Crippen molar-refractivity contribution in [2.75, 3.05) is 13.1 Å². The lowest BCUT2D eigenvalue weighted by Gasteiger charge is -2.22. The third-order valence-electron chi connectivity index (χ3n) is 2.95. The van der Waals surface area contributed by atoms with E-state index >= 15 is 0 Å². The molecule has 0 fully saturated rings. The fraction of sp³-hybridized carbons (Fsp3) is 0.267. The van der Waals surface area contributed by atoms with Crippen molar-refractivity contribution in [3.8, 4) is 0 Å². The summed E-state index contributed by atoms with van der Waals surface area (Å²) in [5.41, 5.74) is 7.43. The molecule has 1 amide bonds. The molecule has 0 aliphatic carbocycles. The Hall–Kier alpha value is -1.17. The standard InChI is InChI=1S/C15H17BrN2OS/c16-14-9-13(11-20-14)15(19)18(8-4-7-17)10-12-5-2-1-3-6-12/h1-3,5-6,9,11H,4,7-8,10,17H2. The van der Waals surface area contributed by atoms with E-state index in [0.29, 0.717) is 19.6 Å². The van der Waals surface area contributed by atoms with Crippen molar-refractivity contribution in [3.63, 3.8) is 0 Å². The molecule has 1 aromatic heterocycles. The van der Waals surface area contributed by atoms with Gasteiger partial charge in [-0.25, -0.2) is 0 Å². The Labute approximate surface area is 131 Å². The Morgan fingerprint density at radius 3 is 2.65 bits per heavy atom.